The fourth-order valence-electron chi connectivity index (χ4n) is 1.94. The first-order chi connectivity index (χ1) is 9.15. The molecule has 0 aliphatic carbocycles. The van der Waals surface area contributed by atoms with Gasteiger partial charge in [-0.05, 0) is 31.0 Å². The van der Waals surface area contributed by atoms with Crippen molar-refractivity contribution in [3.63, 3.8) is 0 Å². The zero-order valence-corrected chi connectivity index (χ0v) is 13.2. The molecule has 1 aromatic rings. The molecule has 0 atom stereocenters. The summed E-state index contributed by atoms with van der Waals surface area (Å²) in [4.78, 5) is 13.8. The van der Waals surface area contributed by atoms with E-state index in [1.54, 1.807) is 4.90 Å². The SMILES string of the molecule is CN(Cc1ccccc1Br)C(=O)CCCCCCN. The van der Waals surface area contributed by atoms with Gasteiger partial charge in [-0.1, -0.05) is 47.0 Å². The van der Waals surface area contributed by atoms with Crippen LogP contribution >= 0.6 is 15.9 Å². The normalized spacial score (nSPS) is 10.5. The highest BCUT2D eigenvalue weighted by Gasteiger charge is 2.10. The zero-order valence-electron chi connectivity index (χ0n) is 11.6. The Kier molecular flexibility index (Phi) is 7.75. The molecule has 19 heavy (non-hydrogen) atoms. The van der Waals surface area contributed by atoms with E-state index in [4.69, 9.17) is 5.73 Å². The van der Waals surface area contributed by atoms with Crippen LogP contribution in [0, 0.1) is 0 Å². The second-order valence-corrected chi connectivity index (χ2v) is 5.65. The van der Waals surface area contributed by atoms with Crippen LogP contribution in [0.25, 0.3) is 0 Å². The number of nitrogens with zero attached hydrogens (tertiary/aromatic N) is 1. The van der Waals surface area contributed by atoms with Crippen molar-refractivity contribution in [3.8, 4) is 0 Å². The number of hydrogen-bond acceptors (Lipinski definition) is 2. The van der Waals surface area contributed by atoms with Crippen molar-refractivity contribution in [2.45, 2.75) is 38.6 Å². The first kappa shape index (κ1) is 16.2. The van der Waals surface area contributed by atoms with Crippen LogP contribution in [0.15, 0.2) is 28.7 Å². The van der Waals surface area contributed by atoms with E-state index in [9.17, 15) is 4.79 Å². The quantitative estimate of drug-likeness (QED) is 0.745. The second-order valence-electron chi connectivity index (χ2n) is 4.79. The van der Waals surface area contributed by atoms with E-state index in [1.165, 1.54) is 0 Å². The van der Waals surface area contributed by atoms with Crippen molar-refractivity contribution >= 4 is 21.8 Å². The first-order valence-electron chi connectivity index (χ1n) is 6.82. The van der Waals surface area contributed by atoms with Gasteiger partial charge in [0.15, 0.2) is 0 Å². The van der Waals surface area contributed by atoms with Gasteiger partial charge in [-0.3, -0.25) is 4.79 Å². The zero-order chi connectivity index (χ0) is 14.1. The monoisotopic (exact) mass is 326 g/mol. The molecule has 106 valence electrons. The van der Waals surface area contributed by atoms with Crippen molar-refractivity contribution in [2.24, 2.45) is 5.73 Å². The van der Waals surface area contributed by atoms with Crippen molar-refractivity contribution in [2.75, 3.05) is 13.6 Å². The summed E-state index contributed by atoms with van der Waals surface area (Å²) < 4.78 is 1.05. The van der Waals surface area contributed by atoms with Crippen LogP contribution in [0.2, 0.25) is 0 Å². The van der Waals surface area contributed by atoms with E-state index in [0.29, 0.717) is 13.0 Å². The minimum absolute atomic E-state index is 0.212. The van der Waals surface area contributed by atoms with E-state index in [1.807, 2.05) is 31.3 Å². The number of nitrogens with two attached hydrogens (primary N) is 1. The third-order valence-electron chi connectivity index (χ3n) is 3.14. The van der Waals surface area contributed by atoms with E-state index >= 15 is 0 Å². The Bertz CT molecular complexity index is 395. The Balaban J connectivity index is 2.31. The number of carbonyl (C=O) groups excluding carboxylic acids is 1. The Labute approximate surface area is 124 Å². The van der Waals surface area contributed by atoms with Gasteiger partial charge in [-0.2, -0.15) is 0 Å². The molecule has 0 spiro atoms. The fraction of sp³-hybridized carbons (Fsp3) is 0.533. The predicted octanol–water partition coefficient (Wildman–Crippen LogP) is 3.32. The second kappa shape index (κ2) is 9.10. The third-order valence-corrected chi connectivity index (χ3v) is 3.91. The summed E-state index contributed by atoms with van der Waals surface area (Å²) in [5, 5.41) is 0. The molecule has 0 unspecified atom stereocenters. The summed E-state index contributed by atoms with van der Waals surface area (Å²) in [5.74, 6) is 0.212. The number of carbonyl (C=O) groups is 1. The van der Waals surface area contributed by atoms with E-state index in [2.05, 4.69) is 15.9 Å². The number of rotatable bonds is 8. The summed E-state index contributed by atoms with van der Waals surface area (Å²) in [5.41, 5.74) is 6.58. The number of hydrogen-bond donors (Lipinski definition) is 1. The lowest BCUT2D eigenvalue weighted by Gasteiger charge is -2.18. The first-order valence-corrected chi connectivity index (χ1v) is 7.62. The van der Waals surface area contributed by atoms with Gasteiger partial charge in [-0.15, -0.1) is 0 Å². The van der Waals surface area contributed by atoms with Crippen molar-refractivity contribution in [1.29, 1.82) is 0 Å². The Hall–Kier alpha value is -0.870. The molecule has 0 aliphatic rings. The molecule has 0 aliphatic heterocycles. The van der Waals surface area contributed by atoms with Gasteiger partial charge >= 0.3 is 0 Å². The lowest BCUT2D eigenvalue weighted by molar-refractivity contribution is -0.130. The van der Waals surface area contributed by atoms with Crippen molar-refractivity contribution in [3.05, 3.63) is 34.3 Å². The number of halogens is 1. The van der Waals surface area contributed by atoms with Gasteiger partial charge in [0.05, 0.1) is 0 Å². The lowest BCUT2D eigenvalue weighted by Crippen LogP contribution is -2.26. The van der Waals surface area contributed by atoms with Crippen LogP contribution in [0.1, 0.15) is 37.7 Å². The highest BCUT2D eigenvalue weighted by molar-refractivity contribution is 9.10. The topological polar surface area (TPSA) is 46.3 Å². The van der Waals surface area contributed by atoms with Gasteiger partial charge < -0.3 is 10.6 Å². The Morgan fingerprint density at radius 2 is 1.89 bits per heavy atom. The molecule has 0 fully saturated rings. The standard InChI is InChI=1S/C15H23BrN2O/c1-18(12-13-8-5-6-9-14(13)16)15(19)10-4-2-3-7-11-17/h5-6,8-9H,2-4,7,10-12,17H2,1H3. The molecule has 0 radical (unpaired) electrons. The number of benzene rings is 1. The molecule has 1 aromatic carbocycles. The largest absolute Gasteiger partial charge is 0.341 e. The molecular formula is C15H23BrN2O. The van der Waals surface area contributed by atoms with Crippen molar-refractivity contribution < 1.29 is 4.79 Å². The van der Waals surface area contributed by atoms with Gasteiger partial charge in [0.25, 0.3) is 0 Å². The molecule has 1 rings (SSSR count). The average molecular weight is 327 g/mol. The molecule has 3 nitrogen and oxygen atoms in total. The van der Waals surface area contributed by atoms with Crippen LogP contribution in [-0.4, -0.2) is 24.4 Å². The van der Waals surface area contributed by atoms with Gasteiger partial charge in [0, 0.05) is 24.5 Å². The molecule has 2 N–H and O–H groups in total. The summed E-state index contributed by atoms with van der Waals surface area (Å²) in [6.07, 6.45) is 4.86. The molecule has 1 amide bonds. The van der Waals surface area contributed by atoms with Gasteiger partial charge in [-0.25, -0.2) is 0 Å². The summed E-state index contributed by atoms with van der Waals surface area (Å²) in [7, 11) is 1.86. The average Bonchev–Trinajstić information content (AvgIpc) is 2.41. The summed E-state index contributed by atoms with van der Waals surface area (Å²) in [6.45, 7) is 1.40. The molecule has 0 saturated carbocycles. The van der Waals surface area contributed by atoms with Crippen molar-refractivity contribution in [1.82, 2.24) is 4.90 Å². The molecule has 0 aromatic heterocycles. The van der Waals surface area contributed by atoms with Gasteiger partial charge in [0.2, 0.25) is 5.91 Å². The predicted molar refractivity (Wildman–Crippen MR) is 82.8 cm³/mol. The highest BCUT2D eigenvalue weighted by Crippen LogP contribution is 2.17. The lowest BCUT2D eigenvalue weighted by atomic mass is 10.1. The molecule has 0 saturated heterocycles. The minimum atomic E-state index is 0.212. The van der Waals surface area contributed by atoms with Crippen LogP contribution in [0.3, 0.4) is 0 Å². The van der Waals surface area contributed by atoms with E-state index < -0.39 is 0 Å². The maximum atomic E-state index is 12.0. The Morgan fingerprint density at radius 3 is 2.58 bits per heavy atom. The highest BCUT2D eigenvalue weighted by atomic mass is 79.9. The number of unbranched alkanes of at least 4 members (excludes halogenated alkanes) is 3. The Morgan fingerprint density at radius 1 is 1.21 bits per heavy atom. The molecule has 4 heteroatoms. The van der Waals surface area contributed by atoms with Crippen LogP contribution in [-0.2, 0) is 11.3 Å². The van der Waals surface area contributed by atoms with E-state index in [0.717, 1.165) is 42.3 Å². The molecule has 0 bridgehead atoms. The van der Waals surface area contributed by atoms with Gasteiger partial charge in [0.1, 0.15) is 0 Å². The van der Waals surface area contributed by atoms with Crippen LogP contribution in [0.4, 0.5) is 0 Å². The summed E-state index contributed by atoms with van der Waals surface area (Å²) in [6, 6.07) is 8.01. The number of amides is 1. The maximum absolute atomic E-state index is 12.0. The smallest absolute Gasteiger partial charge is 0.222 e. The molecular weight excluding hydrogens is 304 g/mol. The maximum Gasteiger partial charge on any atom is 0.222 e. The van der Waals surface area contributed by atoms with Crippen LogP contribution < -0.4 is 5.73 Å². The third kappa shape index (κ3) is 6.21. The fourth-order valence-corrected chi connectivity index (χ4v) is 2.35. The minimum Gasteiger partial charge on any atom is -0.341 e. The van der Waals surface area contributed by atoms with Crippen LogP contribution in [0.5, 0.6) is 0 Å². The summed E-state index contributed by atoms with van der Waals surface area (Å²) >= 11 is 3.51. The van der Waals surface area contributed by atoms with E-state index in [-0.39, 0.29) is 5.91 Å². The molecule has 0 heterocycles.